The first kappa shape index (κ1) is 20.7. The Kier molecular flexibility index (Phi) is 9.29. The zero-order chi connectivity index (χ0) is 18.7. The van der Waals surface area contributed by atoms with Gasteiger partial charge in [0.1, 0.15) is 0 Å². The van der Waals surface area contributed by atoms with Crippen LogP contribution in [0.1, 0.15) is 56.8 Å². The number of esters is 1. The number of nitrogens with zero attached hydrogens (tertiary/aromatic N) is 1. The molecule has 0 unspecified atom stereocenters. The van der Waals surface area contributed by atoms with Crippen LogP contribution < -0.4 is 5.32 Å². The number of carbonyl (C=O) groups is 3. The first-order valence-electron chi connectivity index (χ1n) is 8.86. The summed E-state index contributed by atoms with van der Waals surface area (Å²) in [6, 6.07) is 6.88. The Labute approximate surface area is 149 Å². The molecule has 0 bridgehead atoms. The number of nitrogens with one attached hydrogen (secondary N) is 1. The van der Waals surface area contributed by atoms with Crippen molar-refractivity contribution < 1.29 is 19.1 Å². The number of benzene rings is 1. The lowest BCUT2D eigenvalue weighted by molar-refractivity contribution is -0.144. The Morgan fingerprint density at radius 2 is 1.72 bits per heavy atom. The normalized spacial score (nSPS) is 10.2. The molecule has 0 radical (unpaired) electrons. The van der Waals surface area contributed by atoms with Crippen molar-refractivity contribution in [3.8, 4) is 0 Å². The summed E-state index contributed by atoms with van der Waals surface area (Å²) in [5, 5.41) is 2.72. The zero-order valence-electron chi connectivity index (χ0n) is 15.3. The van der Waals surface area contributed by atoms with E-state index in [-0.39, 0.29) is 24.7 Å². The predicted molar refractivity (Wildman–Crippen MR) is 97.4 cm³/mol. The molecule has 138 valence electrons. The van der Waals surface area contributed by atoms with Gasteiger partial charge < -0.3 is 15.0 Å². The molecule has 1 N–H and O–H groups in total. The minimum Gasteiger partial charge on any atom is -0.466 e. The van der Waals surface area contributed by atoms with Gasteiger partial charge in [0.2, 0.25) is 5.91 Å². The van der Waals surface area contributed by atoms with E-state index >= 15 is 0 Å². The Hall–Kier alpha value is -2.37. The highest BCUT2D eigenvalue weighted by atomic mass is 16.5. The van der Waals surface area contributed by atoms with E-state index in [1.54, 1.807) is 31.2 Å². The smallest absolute Gasteiger partial charge is 0.306 e. The van der Waals surface area contributed by atoms with Gasteiger partial charge in [-0.15, -0.1) is 0 Å². The molecule has 0 atom stereocenters. The molecule has 1 aromatic rings. The lowest BCUT2D eigenvalue weighted by atomic mass is 10.1. The molecule has 0 saturated carbocycles. The fraction of sp³-hybridized carbons (Fsp3) is 0.526. The van der Waals surface area contributed by atoms with Gasteiger partial charge in [-0.2, -0.15) is 0 Å². The molecule has 0 spiro atoms. The number of rotatable bonds is 10. The molecule has 25 heavy (non-hydrogen) atoms. The van der Waals surface area contributed by atoms with Crippen molar-refractivity contribution >= 4 is 23.5 Å². The molecule has 0 saturated heterocycles. The van der Waals surface area contributed by atoms with Crippen LogP contribution in [0, 0.1) is 0 Å². The number of amides is 2. The van der Waals surface area contributed by atoms with Crippen LogP contribution in [0.2, 0.25) is 0 Å². The highest BCUT2D eigenvalue weighted by Crippen LogP contribution is 2.14. The molecule has 0 fully saturated rings. The topological polar surface area (TPSA) is 75.7 Å². The molecule has 6 nitrogen and oxygen atoms in total. The number of hydrogen-bond donors (Lipinski definition) is 1. The van der Waals surface area contributed by atoms with Crippen LogP contribution in [0.25, 0.3) is 0 Å². The van der Waals surface area contributed by atoms with E-state index in [2.05, 4.69) is 5.32 Å². The van der Waals surface area contributed by atoms with Crippen molar-refractivity contribution in [1.82, 2.24) is 4.90 Å². The van der Waals surface area contributed by atoms with Crippen LogP contribution in [-0.2, 0) is 14.3 Å². The number of hydrogen-bond acceptors (Lipinski definition) is 4. The van der Waals surface area contributed by atoms with Gasteiger partial charge >= 0.3 is 5.97 Å². The summed E-state index contributed by atoms with van der Waals surface area (Å²) in [6.07, 6.45) is 1.89. The summed E-state index contributed by atoms with van der Waals surface area (Å²) >= 11 is 0. The third-order valence-electron chi connectivity index (χ3n) is 3.53. The Morgan fingerprint density at radius 1 is 1.04 bits per heavy atom. The fourth-order valence-corrected chi connectivity index (χ4v) is 2.44. The van der Waals surface area contributed by atoms with E-state index < -0.39 is 5.97 Å². The van der Waals surface area contributed by atoms with Crippen LogP contribution in [-0.4, -0.2) is 42.4 Å². The van der Waals surface area contributed by atoms with Crippen LogP contribution >= 0.6 is 0 Å². The number of ether oxygens (including phenoxy) is 1. The highest BCUT2D eigenvalue weighted by Gasteiger charge is 2.15. The molecule has 6 heteroatoms. The summed E-state index contributed by atoms with van der Waals surface area (Å²) in [5.41, 5.74) is 1.10. The maximum Gasteiger partial charge on any atom is 0.306 e. The fourth-order valence-electron chi connectivity index (χ4n) is 2.44. The van der Waals surface area contributed by atoms with Gasteiger partial charge in [-0.3, -0.25) is 14.4 Å². The molecule has 0 aromatic heterocycles. The number of anilines is 1. The van der Waals surface area contributed by atoms with E-state index in [0.29, 0.717) is 30.9 Å². The summed E-state index contributed by atoms with van der Waals surface area (Å²) in [5.74, 6) is -0.709. The standard InChI is InChI=1S/C19H28N2O4/c1-4-12-21(13-5-2)19(24)15-8-7-9-16(14-15)20-17(22)10-11-18(23)25-6-3/h7-9,14H,4-6,10-13H2,1-3H3,(H,20,22). The summed E-state index contributed by atoms with van der Waals surface area (Å²) in [7, 11) is 0. The third-order valence-corrected chi connectivity index (χ3v) is 3.53. The van der Waals surface area contributed by atoms with Crippen molar-refractivity contribution in [3.05, 3.63) is 29.8 Å². The van der Waals surface area contributed by atoms with E-state index in [9.17, 15) is 14.4 Å². The molecule has 0 aliphatic rings. The molecular weight excluding hydrogens is 320 g/mol. The minimum absolute atomic E-state index is 0.0358. The van der Waals surface area contributed by atoms with E-state index in [4.69, 9.17) is 4.74 Å². The monoisotopic (exact) mass is 348 g/mol. The van der Waals surface area contributed by atoms with Gasteiger partial charge in [-0.25, -0.2) is 0 Å². The van der Waals surface area contributed by atoms with Gasteiger partial charge in [-0.05, 0) is 38.0 Å². The van der Waals surface area contributed by atoms with Crippen molar-refractivity contribution in [1.29, 1.82) is 0 Å². The SMILES string of the molecule is CCCN(CCC)C(=O)c1cccc(NC(=O)CCC(=O)OCC)c1. The molecule has 0 heterocycles. The molecule has 0 aliphatic heterocycles. The van der Waals surface area contributed by atoms with Crippen molar-refractivity contribution in [3.63, 3.8) is 0 Å². The average molecular weight is 348 g/mol. The maximum atomic E-state index is 12.6. The largest absolute Gasteiger partial charge is 0.466 e. The molecule has 2 amide bonds. The predicted octanol–water partition coefficient (Wildman–Crippen LogP) is 3.23. The molecular formula is C19H28N2O4. The van der Waals surface area contributed by atoms with Crippen molar-refractivity contribution in [2.24, 2.45) is 0 Å². The Balaban J connectivity index is 2.68. The Morgan fingerprint density at radius 3 is 2.32 bits per heavy atom. The van der Waals surface area contributed by atoms with Crippen LogP contribution in [0.3, 0.4) is 0 Å². The second-order valence-corrected chi connectivity index (χ2v) is 5.73. The van der Waals surface area contributed by atoms with E-state index in [1.807, 2.05) is 18.7 Å². The summed E-state index contributed by atoms with van der Waals surface area (Å²) in [4.78, 5) is 37.6. The lowest BCUT2D eigenvalue weighted by Crippen LogP contribution is -2.32. The van der Waals surface area contributed by atoms with Gasteiger partial charge in [-0.1, -0.05) is 19.9 Å². The Bertz CT molecular complexity index is 581. The summed E-state index contributed by atoms with van der Waals surface area (Å²) < 4.78 is 4.80. The van der Waals surface area contributed by atoms with E-state index in [1.165, 1.54) is 0 Å². The van der Waals surface area contributed by atoms with E-state index in [0.717, 1.165) is 12.8 Å². The van der Waals surface area contributed by atoms with Gasteiger partial charge in [0, 0.05) is 30.8 Å². The van der Waals surface area contributed by atoms with Gasteiger partial charge in [0.15, 0.2) is 0 Å². The molecule has 1 aromatic carbocycles. The second kappa shape index (κ2) is 11.2. The lowest BCUT2D eigenvalue weighted by Gasteiger charge is -2.21. The number of carbonyl (C=O) groups excluding carboxylic acids is 3. The second-order valence-electron chi connectivity index (χ2n) is 5.73. The van der Waals surface area contributed by atoms with Crippen LogP contribution in [0.15, 0.2) is 24.3 Å². The van der Waals surface area contributed by atoms with Crippen molar-refractivity contribution in [2.75, 3.05) is 25.0 Å². The van der Waals surface area contributed by atoms with Crippen molar-refractivity contribution in [2.45, 2.75) is 46.5 Å². The zero-order valence-corrected chi connectivity index (χ0v) is 15.3. The van der Waals surface area contributed by atoms with Crippen LogP contribution in [0.4, 0.5) is 5.69 Å². The van der Waals surface area contributed by atoms with Crippen LogP contribution in [0.5, 0.6) is 0 Å². The maximum absolute atomic E-state index is 12.6. The minimum atomic E-state index is -0.392. The average Bonchev–Trinajstić information content (AvgIpc) is 2.60. The van der Waals surface area contributed by atoms with Gasteiger partial charge in [0.25, 0.3) is 5.91 Å². The quantitative estimate of drug-likeness (QED) is 0.659. The first-order valence-corrected chi connectivity index (χ1v) is 8.86. The first-order chi connectivity index (χ1) is 12.0. The third kappa shape index (κ3) is 7.37. The molecule has 0 aliphatic carbocycles. The summed E-state index contributed by atoms with van der Waals surface area (Å²) in [6.45, 7) is 7.52. The highest BCUT2D eigenvalue weighted by molar-refractivity contribution is 5.97. The molecule has 1 rings (SSSR count). The van der Waals surface area contributed by atoms with Gasteiger partial charge in [0.05, 0.1) is 13.0 Å².